The van der Waals surface area contributed by atoms with E-state index in [0.29, 0.717) is 11.3 Å². The fraction of sp³-hybridized carbons (Fsp3) is 0.208. The normalized spacial score (nSPS) is 27.3. The van der Waals surface area contributed by atoms with E-state index in [1.807, 2.05) is 18.2 Å². The van der Waals surface area contributed by atoms with Gasteiger partial charge in [0.2, 0.25) is 11.8 Å². The van der Waals surface area contributed by atoms with Crippen LogP contribution >= 0.6 is 0 Å². The standard InChI is InChI=1S/C24H18N2O2/c1-14(16-5-3-2-4-6-16)20-18-11-12-19(20)22-21(18)23(27)26(24(22)28)17-9-7-15(13-25)8-10-17/h2-12,18-19,21-22H,1H3/t18-,19-,21+,22+/m1/s1. The van der Waals surface area contributed by atoms with Gasteiger partial charge in [-0.15, -0.1) is 0 Å². The van der Waals surface area contributed by atoms with E-state index < -0.39 is 0 Å². The van der Waals surface area contributed by atoms with Gasteiger partial charge in [0, 0.05) is 11.8 Å². The van der Waals surface area contributed by atoms with E-state index >= 15 is 0 Å². The summed E-state index contributed by atoms with van der Waals surface area (Å²) in [4.78, 5) is 27.8. The molecule has 2 aromatic rings. The van der Waals surface area contributed by atoms with Gasteiger partial charge in [-0.05, 0) is 42.3 Å². The molecule has 0 N–H and O–H groups in total. The van der Waals surface area contributed by atoms with E-state index in [2.05, 4.69) is 37.3 Å². The number of carbonyl (C=O) groups excluding carboxylic acids is 2. The van der Waals surface area contributed by atoms with Crippen LogP contribution in [0.5, 0.6) is 0 Å². The Bertz CT molecular complexity index is 1060. The Morgan fingerprint density at radius 1 is 0.893 bits per heavy atom. The molecule has 4 atom stereocenters. The van der Waals surface area contributed by atoms with Crippen molar-refractivity contribution in [2.45, 2.75) is 6.92 Å². The number of carbonyl (C=O) groups is 2. The number of rotatable bonds is 2. The lowest BCUT2D eigenvalue weighted by Gasteiger charge is -2.20. The molecule has 28 heavy (non-hydrogen) atoms. The average molecular weight is 366 g/mol. The second kappa shape index (κ2) is 6.03. The predicted octanol–water partition coefficient (Wildman–Crippen LogP) is 3.95. The number of nitriles is 1. The monoisotopic (exact) mass is 366 g/mol. The van der Waals surface area contributed by atoms with Gasteiger partial charge < -0.3 is 0 Å². The van der Waals surface area contributed by atoms with E-state index in [9.17, 15) is 9.59 Å². The van der Waals surface area contributed by atoms with Crippen LogP contribution in [-0.4, -0.2) is 11.8 Å². The molecule has 2 amide bonds. The minimum absolute atomic E-state index is 0.0185. The molecule has 1 heterocycles. The highest BCUT2D eigenvalue weighted by molar-refractivity contribution is 6.23. The van der Waals surface area contributed by atoms with E-state index in [1.165, 1.54) is 16.0 Å². The molecule has 1 saturated heterocycles. The Kier molecular flexibility index (Phi) is 3.60. The third-order valence-electron chi connectivity index (χ3n) is 6.31. The van der Waals surface area contributed by atoms with Crippen LogP contribution < -0.4 is 4.90 Å². The van der Waals surface area contributed by atoms with Crippen LogP contribution in [0.4, 0.5) is 5.69 Å². The first kappa shape index (κ1) is 16.7. The van der Waals surface area contributed by atoms with E-state index in [1.54, 1.807) is 24.3 Å². The van der Waals surface area contributed by atoms with Gasteiger partial charge in [0.1, 0.15) is 0 Å². The Balaban J connectivity index is 1.53. The van der Waals surface area contributed by atoms with Gasteiger partial charge in [0.25, 0.3) is 0 Å². The summed E-state index contributed by atoms with van der Waals surface area (Å²) in [6.45, 7) is 2.09. The molecule has 0 unspecified atom stereocenters. The molecule has 2 bridgehead atoms. The molecule has 2 fully saturated rings. The van der Waals surface area contributed by atoms with Crippen molar-refractivity contribution < 1.29 is 9.59 Å². The number of hydrogen-bond acceptors (Lipinski definition) is 3. The summed E-state index contributed by atoms with van der Waals surface area (Å²) in [5, 5.41) is 8.97. The number of allylic oxidation sites excluding steroid dienone is 4. The molecular formula is C24H18N2O2. The van der Waals surface area contributed by atoms with Crippen molar-refractivity contribution >= 4 is 23.1 Å². The molecular weight excluding hydrogens is 348 g/mol. The molecule has 4 heteroatoms. The number of hydrogen-bond donors (Lipinski definition) is 0. The minimum Gasteiger partial charge on any atom is -0.274 e. The van der Waals surface area contributed by atoms with Gasteiger partial charge in [-0.2, -0.15) is 5.26 Å². The molecule has 0 aromatic heterocycles. The van der Waals surface area contributed by atoms with Crippen LogP contribution in [0.2, 0.25) is 0 Å². The molecule has 136 valence electrons. The third kappa shape index (κ3) is 2.16. The lowest BCUT2D eigenvalue weighted by atomic mass is 9.85. The Morgan fingerprint density at radius 2 is 1.46 bits per heavy atom. The van der Waals surface area contributed by atoms with Crippen molar-refractivity contribution in [1.29, 1.82) is 5.26 Å². The van der Waals surface area contributed by atoms with Gasteiger partial charge in [-0.3, -0.25) is 9.59 Å². The fourth-order valence-electron chi connectivity index (χ4n) is 5.06. The van der Waals surface area contributed by atoms with Crippen molar-refractivity contribution in [1.82, 2.24) is 0 Å². The van der Waals surface area contributed by atoms with E-state index in [-0.39, 0.29) is 35.5 Å². The molecule has 2 aliphatic carbocycles. The van der Waals surface area contributed by atoms with Crippen LogP contribution in [-0.2, 0) is 9.59 Å². The SMILES string of the molecule is CC(=C1[C@H]2C=C[C@H]1[C@@H]1C(=O)N(c3ccc(C#N)cc3)C(=O)[C@H]12)c1ccccc1. The molecule has 1 saturated carbocycles. The molecule has 0 radical (unpaired) electrons. The quantitative estimate of drug-likeness (QED) is 0.597. The van der Waals surface area contributed by atoms with Crippen LogP contribution in [0.25, 0.3) is 5.57 Å². The average Bonchev–Trinajstić information content (AvgIpc) is 3.38. The highest BCUT2D eigenvalue weighted by atomic mass is 16.2. The largest absolute Gasteiger partial charge is 0.274 e. The van der Waals surface area contributed by atoms with Crippen molar-refractivity contribution in [2.75, 3.05) is 4.90 Å². The van der Waals surface area contributed by atoms with Crippen molar-refractivity contribution in [2.24, 2.45) is 23.7 Å². The highest BCUT2D eigenvalue weighted by Gasteiger charge is 2.62. The second-order valence-corrected chi connectivity index (χ2v) is 7.60. The number of fused-ring (bicyclic) bond motifs is 5. The number of anilines is 1. The molecule has 3 aliphatic rings. The first-order valence-corrected chi connectivity index (χ1v) is 9.44. The summed E-state index contributed by atoms with van der Waals surface area (Å²) in [7, 11) is 0. The van der Waals surface area contributed by atoms with Crippen LogP contribution in [0, 0.1) is 35.0 Å². The summed E-state index contributed by atoms with van der Waals surface area (Å²) >= 11 is 0. The first-order chi connectivity index (χ1) is 13.6. The summed E-state index contributed by atoms with van der Waals surface area (Å²) in [6, 6.07) is 18.8. The van der Waals surface area contributed by atoms with Gasteiger partial charge in [-0.1, -0.05) is 48.1 Å². The maximum atomic E-state index is 13.2. The van der Waals surface area contributed by atoms with Crippen LogP contribution in [0.15, 0.2) is 72.3 Å². The topological polar surface area (TPSA) is 61.2 Å². The highest BCUT2D eigenvalue weighted by Crippen LogP contribution is 2.58. The van der Waals surface area contributed by atoms with Crippen molar-refractivity contribution in [3.63, 3.8) is 0 Å². The molecule has 0 spiro atoms. The van der Waals surface area contributed by atoms with E-state index in [0.717, 1.165) is 5.56 Å². The van der Waals surface area contributed by atoms with Crippen LogP contribution in [0.1, 0.15) is 18.1 Å². The molecule has 2 aromatic carbocycles. The van der Waals surface area contributed by atoms with Gasteiger partial charge in [-0.25, -0.2) is 4.90 Å². The zero-order chi connectivity index (χ0) is 19.4. The lowest BCUT2D eigenvalue weighted by molar-refractivity contribution is -0.122. The van der Waals surface area contributed by atoms with E-state index in [4.69, 9.17) is 5.26 Å². The Morgan fingerprint density at radius 3 is 2.00 bits per heavy atom. The number of benzene rings is 2. The Labute approximate surface area is 163 Å². The number of nitrogens with zero attached hydrogens (tertiary/aromatic N) is 2. The van der Waals surface area contributed by atoms with Crippen molar-refractivity contribution in [3.8, 4) is 6.07 Å². The maximum Gasteiger partial charge on any atom is 0.238 e. The molecule has 1 aliphatic heterocycles. The third-order valence-corrected chi connectivity index (χ3v) is 6.31. The number of imide groups is 1. The van der Waals surface area contributed by atoms with Gasteiger partial charge in [0.05, 0.1) is 29.2 Å². The fourth-order valence-corrected chi connectivity index (χ4v) is 5.06. The molecule has 5 rings (SSSR count). The zero-order valence-electron chi connectivity index (χ0n) is 15.4. The summed E-state index contributed by atoms with van der Waals surface area (Å²) in [6.07, 6.45) is 4.20. The van der Waals surface area contributed by atoms with Gasteiger partial charge in [0.15, 0.2) is 0 Å². The van der Waals surface area contributed by atoms with Crippen LogP contribution in [0.3, 0.4) is 0 Å². The van der Waals surface area contributed by atoms with Crippen molar-refractivity contribution in [3.05, 3.63) is 83.4 Å². The number of amides is 2. The van der Waals surface area contributed by atoms with Gasteiger partial charge >= 0.3 is 0 Å². The molecule has 4 nitrogen and oxygen atoms in total. The minimum atomic E-state index is -0.327. The Hall–Kier alpha value is -3.45. The summed E-state index contributed by atoms with van der Waals surface area (Å²) in [5.74, 6) is -0.950. The predicted molar refractivity (Wildman–Crippen MR) is 106 cm³/mol. The first-order valence-electron chi connectivity index (χ1n) is 9.44. The maximum absolute atomic E-state index is 13.2. The lowest BCUT2D eigenvalue weighted by Crippen LogP contribution is -2.33. The second-order valence-electron chi connectivity index (χ2n) is 7.60. The summed E-state index contributed by atoms with van der Waals surface area (Å²) < 4.78 is 0. The zero-order valence-corrected chi connectivity index (χ0v) is 15.4. The summed E-state index contributed by atoms with van der Waals surface area (Å²) in [5.41, 5.74) is 4.57. The smallest absolute Gasteiger partial charge is 0.238 e.